The lowest BCUT2D eigenvalue weighted by atomic mass is 9.97. The third-order valence-corrected chi connectivity index (χ3v) is 10.7. The van der Waals surface area contributed by atoms with Crippen molar-refractivity contribution in [3.63, 3.8) is 0 Å². The standard InChI is InChI=1S/C48H88N2O5/c1-10-25-44(26-11-2)54-47(55-45(27-12-3)28-13-4)30-22-18-15-14-17-21-29-46(51)50(37-36-49(8)9)35-23-19-16-20-24-38-53-48(52)41(7)43-33-31-42(32-34-43)39-40(5)6/h31-34,40-41,44-45,47H,10-30,35-39H2,1-9H3. The van der Waals surface area contributed by atoms with Gasteiger partial charge >= 0.3 is 5.97 Å². The highest BCUT2D eigenvalue weighted by molar-refractivity contribution is 5.77. The molecule has 1 unspecified atom stereocenters. The molecule has 0 aliphatic heterocycles. The second-order valence-electron chi connectivity index (χ2n) is 16.9. The van der Waals surface area contributed by atoms with E-state index in [2.05, 4.69) is 89.7 Å². The topological polar surface area (TPSA) is 68.3 Å². The molecule has 1 rings (SSSR count). The quantitative estimate of drug-likeness (QED) is 0.0384. The van der Waals surface area contributed by atoms with Crippen LogP contribution < -0.4 is 0 Å². The largest absolute Gasteiger partial charge is 0.465 e. The van der Waals surface area contributed by atoms with Gasteiger partial charge in [0.15, 0.2) is 6.29 Å². The Labute approximate surface area is 340 Å². The van der Waals surface area contributed by atoms with Crippen molar-refractivity contribution in [1.29, 1.82) is 0 Å². The Bertz CT molecular complexity index is 1030. The average Bonchev–Trinajstić information content (AvgIpc) is 3.14. The molecule has 0 bridgehead atoms. The molecule has 0 spiro atoms. The van der Waals surface area contributed by atoms with Gasteiger partial charge in [-0.05, 0) is 102 Å². The van der Waals surface area contributed by atoms with Gasteiger partial charge in [-0.25, -0.2) is 0 Å². The average molecular weight is 773 g/mol. The minimum absolute atomic E-state index is 0.0841. The van der Waals surface area contributed by atoms with Crippen molar-refractivity contribution < 1.29 is 23.8 Å². The molecule has 1 atom stereocenters. The smallest absolute Gasteiger partial charge is 0.313 e. The molecule has 0 fully saturated rings. The number of hydrogen-bond donors (Lipinski definition) is 0. The van der Waals surface area contributed by atoms with Crippen molar-refractivity contribution in [2.75, 3.05) is 40.3 Å². The van der Waals surface area contributed by atoms with E-state index in [0.29, 0.717) is 37.1 Å². The number of rotatable bonds is 36. The third kappa shape index (κ3) is 25.8. The summed E-state index contributed by atoms with van der Waals surface area (Å²) in [6.07, 6.45) is 24.2. The van der Waals surface area contributed by atoms with Gasteiger partial charge < -0.3 is 24.0 Å². The molecule has 1 amide bonds. The number of nitrogens with zero attached hydrogens (tertiary/aromatic N) is 2. The Kier molecular flexibility index (Phi) is 30.7. The van der Waals surface area contributed by atoms with E-state index in [4.69, 9.17) is 14.2 Å². The van der Waals surface area contributed by atoms with Crippen LogP contribution in [0.5, 0.6) is 0 Å². The SMILES string of the molecule is CCCC(CCC)OC(CCCCCCCCC(=O)N(CCCCCCCOC(=O)C(C)c1ccc(CC(C)C)cc1)CCN(C)C)OC(CCC)CCC. The summed E-state index contributed by atoms with van der Waals surface area (Å²) >= 11 is 0. The van der Waals surface area contributed by atoms with Crippen molar-refractivity contribution in [1.82, 2.24) is 9.80 Å². The fourth-order valence-electron chi connectivity index (χ4n) is 7.36. The highest BCUT2D eigenvalue weighted by Gasteiger charge is 2.21. The zero-order chi connectivity index (χ0) is 40.7. The molecule has 0 aliphatic rings. The first kappa shape index (κ1) is 51.1. The van der Waals surface area contributed by atoms with Gasteiger partial charge in [0.1, 0.15) is 0 Å². The van der Waals surface area contributed by atoms with Crippen LogP contribution in [0.25, 0.3) is 0 Å². The number of hydrogen-bond acceptors (Lipinski definition) is 6. The summed E-state index contributed by atoms with van der Waals surface area (Å²) in [6, 6.07) is 8.39. The molecule has 1 aromatic carbocycles. The summed E-state index contributed by atoms with van der Waals surface area (Å²) in [5.74, 6) is 0.535. The van der Waals surface area contributed by atoms with Crippen LogP contribution in [0.2, 0.25) is 0 Å². The molecule has 1 aromatic rings. The predicted octanol–water partition coefficient (Wildman–Crippen LogP) is 12.3. The van der Waals surface area contributed by atoms with Gasteiger partial charge in [-0.15, -0.1) is 0 Å². The van der Waals surface area contributed by atoms with E-state index < -0.39 is 0 Å². The Morgan fingerprint density at radius 3 is 1.64 bits per heavy atom. The summed E-state index contributed by atoms with van der Waals surface area (Å²) in [5.41, 5.74) is 2.33. The first-order valence-corrected chi connectivity index (χ1v) is 23.0. The minimum Gasteiger partial charge on any atom is -0.465 e. The minimum atomic E-state index is -0.245. The lowest BCUT2D eigenvalue weighted by molar-refractivity contribution is -0.202. The van der Waals surface area contributed by atoms with Gasteiger partial charge in [-0.3, -0.25) is 9.59 Å². The van der Waals surface area contributed by atoms with E-state index in [1.54, 1.807) is 0 Å². The van der Waals surface area contributed by atoms with Crippen LogP contribution in [-0.2, 0) is 30.2 Å². The molecule has 0 N–H and O–H groups in total. The van der Waals surface area contributed by atoms with Crippen LogP contribution >= 0.6 is 0 Å². The van der Waals surface area contributed by atoms with E-state index in [1.165, 1.54) is 24.8 Å². The van der Waals surface area contributed by atoms with Crippen LogP contribution in [0.3, 0.4) is 0 Å². The van der Waals surface area contributed by atoms with Crippen molar-refractivity contribution in [2.45, 2.75) is 214 Å². The molecule has 0 saturated heterocycles. The zero-order valence-corrected chi connectivity index (χ0v) is 37.5. The number of benzene rings is 1. The van der Waals surface area contributed by atoms with Gasteiger partial charge in [0.25, 0.3) is 0 Å². The highest BCUT2D eigenvalue weighted by Crippen LogP contribution is 2.22. The van der Waals surface area contributed by atoms with E-state index in [9.17, 15) is 9.59 Å². The Hall–Kier alpha value is -1.96. The van der Waals surface area contributed by atoms with Gasteiger partial charge in [-0.1, -0.05) is 136 Å². The van der Waals surface area contributed by atoms with Crippen molar-refractivity contribution in [3.8, 4) is 0 Å². The molecule has 0 heterocycles. The van der Waals surface area contributed by atoms with Crippen LogP contribution in [0.4, 0.5) is 0 Å². The molecular weight excluding hydrogens is 685 g/mol. The van der Waals surface area contributed by atoms with Crippen LogP contribution in [0.15, 0.2) is 24.3 Å². The lowest BCUT2D eigenvalue weighted by Gasteiger charge is -2.29. The molecule has 0 aromatic heterocycles. The zero-order valence-electron chi connectivity index (χ0n) is 37.5. The molecular formula is C48H88N2O5. The van der Waals surface area contributed by atoms with Crippen molar-refractivity contribution in [3.05, 3.63) is 35.4 Å². The summed E-state index contributed by atoms with van der Waals surface area (Å²) < 4.78 is 18.8. The maximum absolute atomic E-state index is 13.2. The molecule has 0 aliphatic carbocycles. The lowest BCUT2D eigenvalue weighted by Crippen LogP contribution is -2.37. The summed E-state index contributed by atoms with van der Waals surface area (Å²) in [7, 11) is 4.15. The molecule has 55 heavy (non-hydrogen) atoms. The van der Waals surface area contributed by atoms with Crippen LogP contribution in [-0.4, -0.2) is 80.5 Å². The van der Waals surface area contributed by atoms with E-state index in [0.717, 1.165) is 141 Å². The fourth-order valence-corrected chi connectivity index (χ4v) is 7.36. The number of ether oxygens (including phenoxy) is 3. The number of amides is 1. The Morgan fingerprint density at radius 1 is 0.600 bits per heavy atom. The first-order chi connectivity index (χ1) is 26.5. The Morgan fingerprint density at radius 2 is 1.11 bits per heavy atom. The number of likely N-dealkylation sites (N-methyl/N-ethyl adjacent to an activating group) is 1. The molecule has 7 heteroatoms. The molecule has 7 nitrogen and oxygen atoms in total. The van der Waals surface area contributed by atoms with Crippen molar-refractivity contribution in [2.24, 2.45) is 5.92 Å². The van der Waals surface area contributed by atoms with Gasteiger partial charge in [0.05, 0.1) is 24.7 Å². The number of carbonyl (C=O) groups excluding carboxylic acids is 2. The highest BCUT2D eigenvalue weighted by atomic mass is 16.7. The van der Waals surface area contributed by atoms with E-state index in [1.807, 2.05) is 6.92 Å². The first-order valence-electron chi connectivity index (χ1n) is 23.0. The molecule has 0 radical (unpaired) electrons. The Balaban J connectivity index is 2.34. The number of unbranched alkanes of at least 4 members (excludes halogenated alkanes) is 9. The number of esters is 1. The van der Waals surface area contributed by atoms with E-state index >= 15 is 0 Å². The van der Waals surface area contributed by atoms with Crippen molar-refractivity contribution >= 4 is 11.9 Å². The van der Waals surface area contributed by atoms with Gasteiger partial charge in [-0.2, -0.15) is 0 Å². The number of carbonyl (C=O) groups is 2. The monoisotopic (exact) mass is 773 g/mol. The maximum atomic E-state index is 13.2. The summed E-state index contributed by atoms with van der Waals surface area (Å²) in [5, 5.41) is 0. The van der Waals surface area contributed by atoms with Gasteiger partial charge in [0, 0.05) is 26.1 Å². The van der Waals surface area contributed by atoms with Gasteiger partial charge in [0.2, 0.25) is 5.91 Å². The van der Waals surface area contributed by atoms with Crippen LogP contribution in [0.1, 0.15) is 200 Å². The second kappa shape index (κ2) is 33.1. The second-order valence-corrected chi connectivity index (χ2v) is 16.9. The maximum Gasteiger partial charge on any atom is 0.313 e. The summed E-state index contributed by atoms with van der Waals surface area (Å²) in [6.45, 7) is 18.3. The summed E-state index contributed by atoms with van der Waals surface area (Å²) in [4.78, 5) is 30.1. The predicted molar refractivity (Wildman–Crippen MR) is 233 cm³/mol. The normalized spacial score (nSPS) is 12.5. The van der Waals surface area contributed by atoms with E-state index in [-0.39, 0.29) is 18.2 Å². The third-order valence-electron chi connectivity index (χ3n) is 10.7. The fraction of sp³-hybridized carbons (Fsp3) is 0.833. The molecule has 320 valence electrons. The van der Waals surface area contributed by atoms with Crippen LogP contribution in [0, 0.1) is 5.92 Å². The molecule has 0 saturated carbocycles.